The Morgan fingerprint density at radius 2 is 2.44 bits per heavy atom. The molecule has 2 aromatic rings. The predicted molar refractivity (Wildman–Crippen MR) is 73.9 cm³/mol. The normalized spacial score (nSPS) is 18.9. The van der Waals surface area contributed by atoms with Crippen LogP contribution in [0.4, 0.5) is 0 Å². The molecular formula is C13H18N4S. The third-order valence-corrected chi connectivity index (χ3v) is 4.66. The van der Waals surface area contributed by atoms with Crippen LogP contribution in [0.15, 0.2) is 12.4 Å². The quantitative estimate of drug-likeness (QED) is 0.922. The second-order valence-corrected chi connectivity index (χ2v) is 5.92. The SMILES string of the molecule is CNCC1CCCc2sc(-c3nccn3C)nc21. The molecule has 1 atom stereocenters. The number of nitrogens with one attached hydrogen (secondary N) is 1. The molecule has 0 aromatic carbocycles. The Labute approximate surface area is 111 Å². The first-order chi connectivity index (χ1) is 8.79. The van der Waals surface area contributed by atoms with Crippen molar-refractivity contribution in [2.45, 2.75) is 25.2 Å². The summed E-state index contributed by atoms with van der Waals surface area (Å²) in [7, 11) is 4.04. The van der Waals surface area contributed by atoms with Gasteiger partial charge in [-0.3, -0.25) is 0 Å². The van der Waals surface area contributed by atoms with E-state index in [4.69, 9.17) is 4.98 Å². The maximum absolute atomic E-state index is 4.85. The third-order valence-electron chi connectivity index (χ3n) is 3.53. The molecule has 0 saturated heterocycles. The highest BCUT2D eigenvalue weighted by atomic mass is 32.1. The van der Waals surface area contributed by atoms with E-state index in [0.717, 1.165) is 17.4 Å². The Morgan fingerprint density at radius 3 is 3.17 bits per heavy atom. The van der Waals surface area contributed by atoms with E-state index in [-0.39, 0.29) is 0 Å². The smallest absolute Gasteiger partial charge is 0.168 e. The van der Waals surface area contributed by atoms with Crippen LogP contribution in [0.3, 0.4) is 0 Å². The topological polar surface area (TPSA) is 42.7 Å². The molecule has 0 amide bonds. The van der Waals surface area contributed by atoms with Crippen molar-refractivity contribution in [3.8, 4) is 10.8 Å². The van der Waals surface area contributed by atoms with Gasteiger partial charge >= 0.3 is 0 Å². The van der Waals surface area contributed by atoms with Crippen LogP contribution >= 0.6 is 11.3 Å². The van der Waals surface area contributed by atoms with Crippen molar-refractivity contribution in [2.24, 2.45) is 7.05 Å². The van der Waals surface area contributed by atoms with E-state index in [1.54, 1.807) is 0 Å². The van der Waals surface area contributed by atoms with Crippen molar-refractivity contribution in [2.75, 3.05) is 13.6 Å². The highest BCUT2D eigenvalue weighted by molar-refractivity contribution is 7.15. The average Bonchev–Trinajstić information content (AvgIpc) is 2.95. The van der Waals surface area contributed by atoms with Gasteiger partial charge in [-0.1, -0.05) is 0 Å². The zero-order valence-corrected chi connectivity index (χ0v) is 11.6. The van der Waals surface area contributed by atoms with Gasteiger partial charge < -0.3 is 9.88 Å². The summed E-state index contributed by atoms with van der Waals surface area (Å²) in [6.07, 6.45) is 7.51. The lowest BCUT2D eigenvalue weighted by Crippen LogP contribution is -2.21. The van der Waals surface area contributed by atoms with Gasteiger partial charge in [-0.2, -0.15) is 0 Å². The molecule has 0 radical (unpaired) electrons. The van der Waals surface area contributed by atoms with E-state index in [1.165, 1.54) is 29.8 Å². The number of nitrogens with zero attached hydrogens (tertiary/aromatic N) is 3. The fraction of sp³-hybridized carbons (Fsp3) is 0.538. The first kappa shape index (κ1) is 11.9. The van der Waals surface area contributed by atoms with Crippen molar-refractivity contribution < 1.29 is 0 Å². The van der Waals surface area contributed by atoms with Crippen molar-refractivity contribution in [3.05, 3.63) is 23.0 Å². The summed E-state index contributed by atoms with van der Waals surface area (Å²) in [6, 6.07) is 0. The minimum atomic E-state index is 0.573. The number of imidazole rings is 1. The molecule has 0 spiro atoms. The Balaban J connectivity index is 1.98. The summed E-state index contributed by atoms with van der Waals surface area (Å²) in [5, 5.41) is 4.34. The minimum Gasteiger partial charge on any atom is -0.332 e. The molecule has 5 heteroatoms. The fourth-order valence-electron chi connectivity index (χ4n) is 2.62. The number of thiazole rings is 1. The van der Waals surface area contributed by atoms with Gasteiger partial charge in [0.05, 0.1) is 5.69 Å². The molecule has 0 fully saturated rings. The Hall–Kier alpha value is -1.20. The molecule has 18 heavy (non-hydrogen) atoms. The molecule has 1 N–H and O–H groups in total. The monoisotopic (exact) mass is 262 g/mol. The summed E-state index contributed by atoms with van der Waals surface area (Å²) < 4.78 is 2.04. The highest BCUT2D eigenvalue weighted by Crippen LogP contribution is 2.37. The molecule has 0 bridgehead atoms. The van der Waals surface area contributed by atoms with E-state index in [9.17, 15) is 0 Å². The molecule has 4 nitrogen and oxygen atoms in total. The van der Waals surface area contributed by atoms with E-state index >= 15 is 0 Å². The first-order valence-corrected chi connectivity index (χ1v) is 7.23. The second-order valence-electron chi connectivity index (χ2n) is 4.84. The van der Waals surface area contributed by atoms with Crippen LogP contribution in [0.1, 0.15) is 29.3 Å². The molecule has 2 aromatic heterocycles. The maximum atomic E-state index is 4.85. The van der Waals surface area contributed by atoms with Crippen molar-refractivity contribution in [3.63, 3.8) is 0 Å². The number of aromatic nitrogens is 3. The van der Waals surface area contributed by atoms with Crippen LogP contribution in [0, 0.1) is 0 Å². The molecule has 0 aliphatic heterocycles. The molecule has 1 unspecified atom stereocenters. The lowest BCUT2D eigenvalue weighted by atomic mass is 9.91. The lowest BCUT2D eigenvalue weighted by Gasteiger charge is -2.20. The number of fused-ring (bicyclic) bond motifs is 1. The van der Waals surface area contributed by atoms with Gasteiger partial charge in [-0.15, -0.1) is 11.3 Å². The van der Waals surface area contributed by atoms with Crippen LogP contribution in [0.25, 0.3) is 10.8 Å². The number of hydrogen-bond acceptors (Lipinski definition) is 4. The number of rotatable bonds is 3. The molecule has 1 aliphatic rings. The Kier molecular flexibility index (Phi) is 3.18. The van der Waals surface area contributed by atoms with Gasteiger partial charge in [0.2, 0.25) is 0 Å². The van der Waals surface area contributed by atoms with Gasteiger partial charge in [-0.25, -0.2) is 9.97 Å². The van der Waals surface area contributed by atoms with Gasteiger partial charge in [0.1, 0.15) is 0 Å². The summed E-state index contributed by atoms with van der Waals surface area (Å²) in [5.74, 6) is 1.56. The average molecular weight is 262 g/mol. The zero-order chi connectivity index (χ0) is 12.5. The molecule has 96 valence electrons. The van der Waals surface area contributed by atoms with Crippen LogP contribution in [0.2, 0.25) is 0 Å². The molecule has 3 rings (SSSR count). The molecule has 0 saturated carbocycles. The molecule has 2 heterocycles. The third kappa shape index (κ3) is 1.97. The standard InChI is InChI=1S/C13H18N4S/c1-14-8-9-4-3-5-10-11(9)16-13(18-10)12-15-6-7-17(12)2/h6-7,9,14H,3-5,8H2,1-2H3. The van der Waals surface area contributed by atoms with Crippen LogP contribution in [-0.2, 0) is 13.5 Å². The van der Waals surface area contributed by atoms with Crippen molar-refractivity contribution in [1.82, 2.24) is 19.9 Å². The molecular weight excluding hydrogens is 244 g/mol. The minimum absolute atomic E-state index is 0.573. The lowest BCUT2D eigenvalue weighted by molar-refractivity contribution is 0.523. The second kappa shape index (κ2) is 4.82. The zero-order valence-electron chi connectivity index (χ0n) is 10.8. The number of hydrogen-bond donors (Lipinski definition) is 1. The van der Waals surface area contributed by atoms with E-state index in [0.29, 0.717) is 5.92 Å². The van der Waals surface area contributed by atoms with E-state index in [2.05, 4.69) is 10.3 Å². The molecule has 1 aliphatic carbocycles. The van der Waals surface area contributed by atoms with Gasteiger partial charge in [0.15, 0.2) is 10.8 Å². The van der Waals surface area contributed by atoms with Gasteiger partial charge in [0.25, 0.3) is 0 Å². The van der Waals surface area contributed by atoms with E-state index in [1.807, 2.05) is 42.4 Å². The van der Waals surface area contributed by atoms with Crippen molar-refractivity contribution >= 4 is 11.3 Å². The summed E-state index contributed by atoms with van der Waals surface area (Å²) in [5.41, 5.74) is 1.30. The fourth-order valence-corrected chi connectivity index (χ4v) is 3.85. The Bertz CT molecular complexity index is 543. The van der Waals surface area contributed by atoms with Crippen LogP contribution in [-0.4, -0.2) is 28.1 Å². The number of aryl methyl sites for hydroxylation is 2. The van der Waals surface area contributed by atoms with Crippen molar-refractivity contribution in [1.29, 1.82) is 0 Å². The van der Waals surface area contributed by atoms with Gasteiger partial charge in [0, 0.05) is 36.8 Å². The van der Waals surface area contributed by atoms with Gasteiger partial charge in [-0.05, 0) is 26.3 Å². The number of likely N-dealkylation sites (N-methyl/N-ethyl adjacent to an activating group) is 1. The maximum Gasteiger partial charge on any atom is 0.168 e. The predicted octanol–water partition coefficient (Wildman–Crippen LogP) is 2.18. The Morgan fingerprint density at radius 1 is 1.56 bits per heavy atom. The first-order valence-electron chi connectivity index (χ1n) is 6.41. The van der Waals surface area contributed by atoms with Crippen LogP contribution in [0.5, 0.6) is 0 Å². The van der Waals surface area contributed by atoms with Crippen LogP contribution < -0.4 is 5.32 Å². The van der Waals surface area contributed by atoms with E-state index < -0.39 is 0 Å². The largest absolute Gasteiger partial charge is 0.332 e. The highest BCUT2D eigenvalue weighted by Gasteiger charge is 2.25. The summed E-state index contributed by atoms with van der Waals surface area (Å²) >= 11 is 1.81. The summed E-state index contributed by atoms with van der Waals surface area (Å²) in [4.78, 5) is 10.7. The summed E-state index contributed by atoms with van der Waals surface area (Å²) in [6.45, 7) is 1.02.